The minimum Gasteiger partial charge on any atom is -0.491 e. The number of cyclic esters (lactones) is 2. The fourth-order valence-electron chi connectivity index (χ4n) is 3.78. The molecule has 4 atom stereocenters. The van der Waals surface area contributed by atoms with Crippen LogP contribution in [-0.4, -0.2) is 84.7 Å². The minimum absolute atomic E-state index is 0.0194. The van der Waals surface area contributed by atoms with Crippen molar-refractivity contribution >= 4 is 11.9 Å². The van der Waals surface area contributed by atoms with E-state index in [-0.39, 0.29) is 38.4 Å². The third-order valence-electron chi connectivity index (χ3n) is 6.24. The lowest BCUT2D eigenvalue weighted by molar-refractivity contribution is -0.199. The number of carbonyl (C=O) groups is 2. The molecule has 4 unspecified atom stereocenters. The second-order valence-corrected chi connectivity index (χ2v) is 9.58. The van der Waals surface area contributed by atoms with Crippen molar-refractivity contribution in [3.05, 3.63) is 59.7 Å². The summed E-state index contributed by atoms with van der Waals surface area (Å²) in [5, 5.41) is 28.5. The van der Waals surface area contributed by atoms with Gasteiger partial charge in [0.25, 0.3) is 0 Å². The van der Waals surface area contributed by atoms with E-state index in [4.69, 9.17) is 28.8 Å². The number of rotatable bonds is 14. The molecule has 1 heterocycles. The predicted octanol–water partition coefficient (Wildman–Crippen LogP) is 1.75. The molecule has 2 aromatic rings. The van der Waals surface area contributed by atoms with Gasteiger partial charge in [-0.25, -0.2) is 9.59 Å². The Labute approximate surface area is 222 Å². The highest BCUT2D eigenvalue weighted by Crippen LogP contribution is 2.33. The van der Waals surface area contributed by atoms with Crippen LogP contribution in [0.5, 0.6) is 11.5 Å². The highest BCUT2D eigenvalue weighted by atomic mass is 16.7. The van der Waals surface area contributed by atoms with Crippen LogP contribution in [-0.2, 0) is 29.2 Å². The van der Waals surface area contributed by atoms with Crippen LogP contribution in [0.2, 0.25) is 0 Å². The number of carbonyl (C=O) groups excluding carboxylic acids is 2. The van der Waals surface area contributed by atoms with E-state index in [0.717, 1.165) is 11.1 Å². The second kappa shape index (κ2) is 13.6. The normalized spacial score (nSPS) is 19.3. The van der Waals surface area contributed by atoms with Gasteiger partial charge in [0.1, 0.15) is 36.9 Å². The topological polar surface area (TPSA) is 141 Å². The lowest BCUT2D eigenvalue weighted by atomic mass is 9.78. The fraction of sp³-hybridized carbons (Fsp3) is 0.500. The molecular weight excluding hydrogens is 496 g/mol. The highest BCUT2D eigenvalue weighted by Gasteiger charge is 2.37. The Morgan fingerprint density at radius 3 is 1.76 bits per heavy atom. The van der Waals surface area contributed by atoms with Crippen LogP contribution in [0.15, 0.2) is 48.5 Å². The first kappa shape index (κ1) is 29.4. The lowest BCUT2D eigenvalue weighted by Gasteiger charge is -2.27. The van der Waals surface area contributed by atoms with Crippen molar-refractivity contribution in [3.63, 3.8) is 0 Å². The number of aliphatic hydroxyl groups is 3. The van der Waals surface area contributed by atoms with Gasteiger partial charge in [0.2, 0.25) is 6.10 Å². The lowest BCUT2D eigenvalue weighted by Crippen LogP contribution is -2.46. The first-order valence-electron chi connectivity index (χ1n) is 12.6. The van der Waals surface area contributed by atoms with Crippen LogP contribution >= 0.6 is 0 Å². The van der Waals surface area contributed by atoms with Crippen molar-refractivity contribution in [1.82, 2.24) is 0 Å². The molecule has 1 fully saturated rings. The number of hydrogen-bond acceptors (Lipinski definition) is 10. The number of esters is 2. The molecule has 38 heavy (non-hydrogen) atoms. The summed E-state index contributed by atoms with van der Waals surface area (Å²) in [7, 11) is 0. The molecule has 0 saturated carbocycles. The Kier molecular flexibility index (Phi) is 10.5. The van der Waals surface area contributed by atoms with E-state index in [0.29, 0.717) is 17.9 Å². The molecule has 10 heteroatoms. The molecule has 0 amide bonds. The summed E-state index contributed by atoms with van der Waals surface area (Å²) in [6, 6.07) is 15.1. The SMILES string of the molecule is CCC1OC(=O)C(COCC(O)COc2ccc(C(C)(C)c3ccc(OCC(O)CO)cc3)cc2)OC1=O. The number of ether oxygens (including phenoxy) is 5. The molecule has 1 saturated heterocycles. The van der Waals surface area contributed by atoms with Gasteiger partial charge in [-0.2, -0.15) is 0 Å². The van der Waals surface area contributed by atoms with Gasteiger partial charge in [-0.05, 0) is 41.8 Å². The van der Waals surface area contributed by atoms with Crippen LogP contribution in [0.4, 0.5) is 0 Å². The molecule has 0 bridgehead atoms. The predicted molar refractivity (Wildman–Crippen MR) is 136 cm³/mol. The zero-order valence-electron chi connectivity index (χ0n) is 21.9. The molecule has 0 spiro atoms. The molecule has 2 aromatic carbocycles. The van der Waals surface area contributed by atoms with Crippen molar-refractivity contribution in [2.45, 2.75) is 57.0 Å². The third kappa shape index (κ3) is 7.91. The Morgan fingerprint density at radius 2 is 1.26 bits per heavy atom. The van der Waals surface area contributed by atoms with Gasteiger partial charge < -0.3 is 39.0 Å². The van der Waals surface area contributed by atoms with Gasteiger partial charge in [0.05, 0.1) is 19.8 Å². The van der Waals surface area contributed by atoms with Crippen molar-refractivity contribution in [1.29, 1.82) is 0 Å². The maximum atomic E-state index is 11.9. The summed E-state index contributed by atoms with van der Waals surface area (Å²) >= 11 is 0. The summed E-state index contributed by atoms with van der Waals surface area (Å²) in [5.74, 6) is -0.0806. The van der Waals surface area contributed by atoms with Crippen molar-refractivity contribution < 1.29 is 48.6 Å². The van der Waals surface area contributed by atoms with E-state index in [1.807, 2.05) is 48.5 Å². The molecule has 0 aliphatic carbocycles. The Morgan fingerprint density at radius 1 is 0.789 bits per heavy atom. The van der Waals surface area contributed by atoms with Crippen LogP contribution in [0, 0.1) is 0 Å². The highest BCUT2D eigenvalue weighted by molar-refractivity contribution is 5.87. The van der Waals surface area contributed by atoms with E-state index in [1.54, 1.807) is 6.92 Å². The molecule has 0 aromatic heterocycles. The zero-order valence-corrected chi connectivity index (χ0v) is 21.9. The molecule has 3 N–H and O–H groups in total. The average molecular weight is 533 g/mol. The van der Waals surface area contributed by atoms with Crippen LogP contribution in [0.1, 0.15) is 38.3 Å². The number of benzene rings is 2. The van der Waals surface area contributed by atoms with Crippen LogP contribution in [0.3, 0.4) is 0 Å². The van der Waals surface area contributed by atoms with E-state index in [1.165, 1.54) is 0 Å². The van der Waals surface area contributed by atoms with E-state index >= 15 is 0 Å². The molecule has 3 rings (SSSR count). The summed E-state index contributed by atoms with van der Waals surface area (Å²) in [4.78, 5) is 23.6. The van der Waals surface area contributed by atoms with Gasteiger partial charge in [-0.1, -0.05) is 45.0 Å². The van der Waals surface area contributed by atoms with E-state index in [2.05, 4.69) is 13.8 Å². The Hall–Kier alpha value is -3.18. The molecule has 10 nitrogen and oxygen atoms in total. The van der Waals surface area contributed by atoms with Gasteiger partial charge in [-0.15, -0.1) is 0 Å². The Bertz CT molecular complexity index is 1030. The smallest absolute Gasteiger partial charge is 0.350 e. The fourth-order valence-corrected chi connectivity index (χ4v) is 3.78. The van der Waals surface area contributed by atoms with Gasteiger partial charge in [0, 0.05) is 5.41 Å². The van der Waals surface area contributed by atoms with Crippen molar-refractivity contribution in [3.8, 4) is 11.5 Å². The number of aliphatic hydroxyl groups excluding tert-OH is 3. The van der Waals surface area contributed by atoms with Crippen molar-refractivity contribution in [2.75, 3.05) is 33.0 Å². The maximum absolute atomic E-state index is 11.9. The standard InChI is InChI=1S/C28H36O10/c1-4-24-26(32)38-25(27(33)37-24)17-34-14-21(31)16-36-23-11-7-19(8-12-23)28(2,3)18-5-9-22(10-6-18)35-15-20(30)13-29/h5-12,20-21,24-25,29-31H,4,13-17H2,1-3H3. The van der Waals surface area contributed by atoms with E-state index in [9.17, 15) is 19.8 Å². The number of hydrogen-bond donors (Lipinski definition) is 3. The summed E-state index contributed by atoms with van der Waals surface area (Å²) in [5.41, 5.74) is 1.81. The van der Waals surface area contributed by atoms with Crippen molar-refractivity contribution in [2.24, 2.45) is 0 Å². The monoisotopic (exact) mass is 532 g/mol. The zero-order chi connectivity index (χ0) is 27.7. The third-order valence-corrected chi connectivity index (χ3v) is 6.24. The van der Waals surface area contributed by atoms with Gasteiger partial charge in [0.15, 0.2) is 6.10 Å². The quantitative estimate of drug-likeness (QED) is 0.308. The first-order valence-corrected chi connectivity index (χ1v) is 12.6. The first-order chi connectivity index (χ1) is 18.1. The summed E-state index contributed by atoms with van der Waals surface area (Å²) in [6.45, 7) is 5.23. The van der Waals surface area contributed by atoms with Crippen LogP contribution in [0.25, 0.3) is 0 Å². The molecule has 208 valence electrons. The summed E-state index contributed by atoms with van der Waals surface area (Å²) in [6.07, 6.45) is -3.55. The molecule has 1 aliphatic rings. The second-order valence-electron chi connectivity index (χ2n) is 9.58. The Balaban J connectivity index is 1.44. The molecular formula is C28H36O10. The summed E-state index contributed by atoms with van der Waals surface area (Å²) < 4.78 is 26.5. The van der Waals surface area contributed by atoms with Gasteiger partial charge in [-0.3, -0.25) is 0 Å². The van der Waals surface area contributed by atoms with Crippen LogP contribution < -0.4 is 9.47 Å². The maximum Gasteiger partial charge on any atom is 0.350 e. The van der Waals surface area contributed by atoms with E-state index < -0.39 is 36.4 Å². The minimum atomic E-state index is -1.14. The molecule has 1 aliphatic heterocycles. The average Bonchev–Trinajstić information content (AvgIpc) is 2.92. The largest absolute Gasteiger partial charge is 0.491 e. The molecule has 0 radical (unpaired) electrons. The van der Waals surface area contributed by atoms with Gasteiger partial charge >= 0.3 is 11.9 Å².